The molecule has 13 heavy (non-hydrogen) atoms. The average molecular weight is 186 g/mol. The van der Waals surface area contributed by atoms with Crippen molar-refractivity contribution in [3.8, 4) is 0 Å². The topological polar surface area (TPSA) is 17.1 Å². The summed E-state index contributed by atoms with van der Waals surface area (Å²) in [6.07, 6.45) is 2.34. The number of carbonyl (C=O) groups excluding carboxylic acids is 1. The Morgan fingerprint density at radius 2 is 1.85 bits per heavy atom. The fourth-order valence-corrected chi connectivity index (χ4v) is 0.840. The monoisotopic (exact) mass is 186 g/mol. The SMILES string of the molecule is O=CC=Cc1cc(F)cc(F)c1F. The zero-order valence-electron chi connectivity index (χ0n) is 6.43. The summed E-state index contributed by atoms with van der Waals surface area (Å²) in [5.74, 6) is -3.32. The van der Waals surface area contributed by atoms with Crippen LogP contribution < -0.4 is 0 Å². The van der Waals surface area contributed by atoms with Gasteiger partial charge in [0.15, 0.2) is 11.6 Å². The van der Waals surface area contributed by atoms with E-state index in [2.05, 4.69) is 0 Å². The van der Waals surface area contributed by atoms with Crippen LogP contribution >= 0.6 is 0 Å². The second-order valence-corrected chi connectivity index (χ2v) is 2.29. The van der Waals surface area contributed by atoms with E-state index < -0.39 is 17.5 Å². The molecule has 1 rings (SSSR count). The molecule has 0 aliphatic heterocycles. The van der Waals surface area contributed by atoms with Crippen molar-refractivity contribution in [1.82, 2.24) is 0 Å². The molecule has 0 N–H and O–H groups in total. The third-order valence-corrected chi connectivity index (χ3v) is 1.38. The van der Waals surface area contributed by atoms with Gasteiger partial charge in [-0.25, -0.2) is 13.2 Å². The highest BCUT2D eigenvalue weighted by molar-refractivity contribution is 5.73. The molecule has 0 amide bonds. The number of rotatable bonds is 2. The van der Waals surface area contributed by atoms with Gasteiger partial charge in [-0.2, -0.15) is 0 Å². The van der Waals surface area contributed by atoms with Gasteiger partial charge in [0, 0.05) is 11.6 Å². The van der Waals surface area contributed by atoms with E-state index >= 15 is 0 Å². The summed E-state index contributed by atoms with van der Waals surface area (Å²) in [6.45, 7) is 0. The minimum atomic E-state index is -1.27. The van der Waals surface area contributed by atoms with Crippen molar-refractivity contribution in [3.63, 3.8) is 0 Å². The van der Waals surface area contributed by atoms with Crippen molar-refractivity contribution in [2.45, 2.75) is 0 Å². The highest BCUT2D eigenvalue weighted by atomic mass is 19.2. The minimum Gasteiger partial charge on any atom is -0.299 e. The van der Waals surface area contributed by atoms with Gasteiger partial charge in [0.2, 0.25) is 0 Å². The number of hydrogen-bond acceptors (Lipinski definition) is 1. The standard InChI is InChI=1S/C9H5F3O/c10-7-4-6(2-1-3-13)9(12)8(11)5-7/h1-5H. The molecule has 0 unspecified atom stereocenters. The summed E-state index contributed by atoms with van der Waals surface area (Å²) in [4.78, 5) is 9.86. The first-order valence-electron chi connectivity index (χ1n) is 3.41. The fourth-order valence-electron chi connectivity index (χ4n) is 0.840. The molecule has 0 aliphatic carbocycles. The van der Waals surface area contributed by atoms with Gasteiger partial charge in [-0.3, -0.25) is 4.79 Å². The normalized spacial score (nSPS) is 10.7. The maximum atomic E-state index is 12.8. The van der Waals surface area contributed by atoms with Crippen LogP contribution in [-0.4, -0.2) is 6.29 Å². The van der Waals surface area contributed by atoms with Crippen molar-refractivity contribution in [3.05, 3.63) is 41.2 Å². The maximum absolute atomic E-state index is 12.8. The van der Waals surface area contributed by atoms with Crippen LogP contribution in [0.5, 0.6) is 0 Å². The molecule has 0 bridgehead atoms. The van der Waals surface area contributed by atoms with Gasteiger partial charge in [0.25, 0.3) is 0 Å². The van der Waals surface area contributed by atoms with E-state index in [1.807, 2.05) is 0 Å². The Morgan fingerprint density at radius 1 is 1.15 bits per heavy atom. The smallest absolute Gasteiger partial charge is 0.166 e. The van der Waals surface area contributed by atoms with Gasteiger partial charge in [-0.1, -0.05) is 0 Å². The van der Waals surface area contributed by atoms with Crippen LogP contribution in [0.1, 0.15) is 5.56 Å². The Labute approximate surface area is 72.5 Å². The van der Waals surface area contributed by atoms with Crippen molar-refractivity contribution >= 4 is 12.4 Å². The zero-order chi connectivity index (χ0) is 9.84. The lowest BCUT2D eigenvalue weighted by Crippen LogP contribution is -1.90. The highest BCUT2D eigenvalue weighted by Crippen LogP contribution is 2.15. The molecule has 0 aromatic heterocycles. The van der Waals surface area contributed by atoms with E-state index in [0.29, 0.717) is 12.4 Å². The van der Waals surface area contributed by atoms with Crippen molar-refractivity contribution in [1.29, 1.82) is 0 Å². The number of carbonyl (C=O) groups is 1. The van der Waals surface area contributed by atoms with E-state index in [-0.39, 0.29) is 5.56 Å². The third kappa shape index (κ3) is 2.18. The minimum absolute atomic E-state index is 0.287. The first-order valence-corrected chi connectivity index (χ1v) is 3.41. The fraction of sp³-hybridized carbons (Fsp3) is 0. The molecule has 1 nitrogen and oxygen atoms in total. The van der Waals surface area contributed by atoms with Gasteiger partial charge in [-0.15, -0.1) is 0 Å². The van der Waals surface area contributed by atoms with Crippen LogP contribution in [0.25, 0.3) is 6.08 Å². The first-order chi connectivity index (χ1) is 6.15. The maximum Gasteiger partial charge on any atom is 0.166 e. The second-order valence-electron chi connectivity index (χ2n) is 2.29. The molecule has 0 fully saturated rings. The van der Waals surface area contributed by atoms with Gasteiger partial charge in [-0.05, 0) is 18.2 Å². The number of halogens is 3. The molecule has 0 atom stereocenters. The molecule has 0 saturated heterocycles. The molecular formula is C9H5F3O. The van der Waals surface area contributed by atoms with Crippen LogP contribution in [0, 0.1) is 17.5 Å². The summed E-state index contributed by atoms with van der Waals surface area (Å²) >= 11 is 0. The second kappa shape index (κ2) is 3.89. The van der Waals surface area contributed by atoms with Crippen LogP contribution in [0.4, 0.5) is 13.2 Å². The molecule has 0 aliphatic rings. The largest absolute Gasteiger partial charge is 0.299 e. The lowest BCUT2D eigenvalue weighted by atomic mass is 10.2. The van der Waals surface area contributed by atoms with E-state index in [4.69, 9.17) is 0 Å². The van der Waals surface area contributed by atoms with Crippen molar-refractivity contribution in [2.75, 3.05) is 0 Å². The molecular weight excluding hydrogens is 181 g/mol. The predicted octanol–water partition coefficient (Wildman–Crippen LogP) is 2.32. The molecule has 1 aromatic rings. The Bertz CT molecular complexity index is 358. The Morgan fingerprint density at radius 3 is 2.46 bits per heavy atom. The van der Waals surface area contributed by atoms with Crippen LogP contribution in [0.2, 0.25) is 0 Å². The van der Waals surface area contributed by atoms with Crippen LogP contribution in [0.15, 0.2) is 18.2 Å². The Hall–Kier alpha value is -1.58. The van der Waals surface area contributed by atoms with E-state index in [9.17, 15) is 18.0 Å². The predicted molar refractivity (Wildman–Crippen MR) is 41.4 cm³/mol. The summed E-state index contributed by atoms with van der Waals surface area (Å²) in [6, 6.07) is 1.24. The number of aldehydes is 1. The van der Waals surface area contributed by atoms with Crippen LogP contribution in [0.3, 0.4) is 0 Å². The van der Waals surface area contributed by atoms with Gasteiger partial charge in [0.05, 0.1) is 0 Å². The summed E-state index contributed by atoms with van der Waals surface area (Å²) in [7, 11) is 0. The van der Waals surface area contributed by atoms with Crippen molar-refractivity contribution < 1.29 is 18.0 Å². The molecule has 0 heterocycles. The molecule has 0 spiro atoms. The zero-order valence-corrected chi connectivity index (χ0v) is 6.43. The Balaban J connectivity index is 3.19. The van der Waals surface area contributed by atoms with Gasteiger partial charge < -0.3 is 0 Å². The average Bonchev–Trinajstić information content (AvgIpc) is 2.09. The Kier molecular flexibility index (Phi) is 2.84. The van der Waals surface area contributed by atoms with Gasteiger partial charge in [0.1, 0.15) is 12.1 Å². The number of allylic oxidation sites excluding steroid dienone is 1. The highest BCUT2D eigenvalue weighted by Gasteiger charge is 2.07. The lowest BCUT2D eigenvalue weighted by molar-refractivity contribution is -0.104. The van der Waals surface area contributed by atoms with E-state index in [0.717, 1.165) is 18.2 Å². The van der Waals surface area contributed by atoms with Crippen molar-refractivity contribution in [2.24, 2.45) is 0 Å². The van der Waals surface area contributed by atoms with Gasteiger partial charge >= 0.3 is 0 Å². The lowest BCUT2D eigenvalue weighted by Gasteiger charge is -1.97. The van der Waals surface area contributed by atoms with E-state index in [1.165, 1.54) is 0 Å². The first kappa shape index (κ1) is 9.51. The molecule has 0 radical (unpaired) electrons. The summed E-state index contributed by atoms with van der Waals surface area (Å²) in [5.41, 5.74) is -0.287. The molecule has 4 heteroatoms. The quantitative estimate of drug-likeness (QED) is 0.393. The third-order valence-electron chi connectivity index (χ3n) is 1.38. The summed E-state index contributed by atoms with van der Waals surface area (Å²) < 4.78 is 37.8. The molecule has 0 saturated carbocycles. The number of hydrogen-bond donors (Lipinski definition) is 0. The molecule has 1 aromatic carbocycles. The molecule has 68 valence electrons. The van der Waals surface area contributed by atoms with Crippen LogP contribution in [-0.2, 0) is 4.79 Å². The van der Waals surface area contributed by atoms with E-state index in [1.54, 1.807) is 0 Å². The summed E-state index contributed by atoms with van der Waals surface area (Å²) in [5, 5.41) is 0. The number of benzene rings is 1.